The topological polar surface area (TPSA) is 26.0 Å². The van der Waals surface area contributed by atoms with Gasteiger partial charge in [-0.3, -0.25) is 0 Å². The van der Waals surface area contributed by atoms with E-state index < -0.39 is 0 Å². The molecule has 0 aliphatic carbocycles. The first kappa shape index (κ1) is 8.57. The van der Waals surface area contributed by atoms with Gasteiger partial charge in [0.25, 0.3) is 0 Å². The molecule has 0 aliphatic heterocycles. The third-order valence-electron chi connectivity index (χ3n) is 0.790. The molecule has 41 valence electrons. The molecule has 1 rings (SSSR count). The van der Waals surface area contributed by atoms with Crippen LogP contribution in [-0.2, 0) is 6.42 Å². The van der Waals surface area contributed by atoms with Crippen LogP contribution in [0.3, 0.4) is 0 Å². The zero-order valence-electron chi connectivity index (χ0n) is 4.72. The van der Waals surface area contributed by atoms with Crippen LogP contribution in [0.5, 0.6) is 0 Å². The van der Waals surface area contributed by atoms with Gasteiger partial charge in [0.1, 0.15) is 0 Å². The van der Waals surface area contributed by atoms with Gasteiger partial charge in [-0.15, -0.1) is 6.20 Å². The Morgan fingerprint density at radius 1 is 1.88 bits per heavy atom. The van der Waals surface area contributed by atoms with E-state index in [-0.39, 0.29) is 41.3 Å². The molecule has 0 atom stereocenters. The van der Waals surface area contributed by atoms with E-state index in [4.69, 9.17) is 0 Å². The molecular weight excluding hydrogens is 231 g/mol. The number of hydrogen-bond acceptors (Lipinski definition) is 2. The first-order valence-electron chi connectivity index (χ1n) is 2.25. The second-order valence-electron chi connectivity index (χ2n) is 1.28. The maximum Gasteiger partial charge on any atom is 0 e. The van der Waals surface area contributed by atoms with Gasteiger partial charge >= 0.3 is 0 Å². The minimum atomic E-state index is 0. The molecule has 0 aliphatic rings. The zero-order chi connectivity index (χ0) is 5.11. The molecule has 8 heavy (non-hydrogen) atoms. The van der Waals surface area contributed by atoms with Crippen LogP contribution in [0.4, 0.5) is 0 Å². The normalized spacial score (nSPS) is 8.12. The number of nitrogens with zero attached hydrogens (tertiary/aromatic N) is 1. The summed E-state index contributed by atoms with van der Waals surface area (Å²) in [6.07, 6.45) is 3.46. The van der Waals surface area contributed by atoms with Crippen molar-refractivity contribution < 1.29 is 45.8 Å². The summed E-state index contributed by atoms with van der Waals surface area (Å²) >= 11 is 0. The Balaban J connectivity index is 0.000000490. The Morgan fingerprint density at radius 2 is 2.62 bits per heavy atom. The average molecular weight is 237 g/mol. The SMILES string of the molecule is CCc1c[c-]no1.[Pr]. The Morgan fingerprint density at radius 3 is 2.88 bits per heavy atom. The van der Waals surface area contributed by atoms with Crippen LogP contribution in [0.1, 0.15) is 12.7 Å². The van der Waals surface area contributed by atoms with Gasteiger partial charge in [0.2, 0.25) is 0 Å². The van der Waals surface area contributed by atoms with Crippen LogP contribution in [0.2, 0.25) is 0 Å². The molecule has 0 N–H and O–H groups in total. The summed E-state index contributed by atoms with van der Waals surface area (Å²) < 4.78 is 4.68. The van der Waals surface area contributed by atoms with Crippen molar-refractivity contribution >= 4 is 0 Å². The molecule has 1 radical (unpaired) electrons. The van der Waals surface area contributed by atoms with E-state index >= 15 is 0 Å². The summed E-state index contributed by atoms with van der Waals surface area (Å²) in [7, 11) is 0. The summed E-state index contributed by atoms with van der Waals surface area (Å²) in [5.74, 6) is 0.889. The van der Waals surface area contributed by atoms with Crippen molar-refractivity contribution in [1.82, 2.24) is 5.16 Å². The van der Waals surface area contributed by atoms with Crippen LogP contribution in [0.15, 0.2) is 10.6 Å². The van der Waals surface area contributed by atoms with Gasteiger partial charge in [-0.25, -0.2) is 5.16 Å². The predicted molar refractivity (Wildman–Crippen MR) is 24.7 cm³/mol. The minimum absolute atomic E-state index is 0. The van der Waals surface area contributed by atoms with Crippen LogP contribution >= 0.6 is 0 Å². The summed E-state index contributed by atoms with van der Waals surface area (Å²) in [6, 6.07) is 1.74. The summed E-state index contributed by atoms with van der Waals surface area (Å²) in [5.41, 5.74) is 0. The average Bonchev–Trinajstić information content (AvgIpc) is 2.14. The van der Waals surface area contributed by atoms with Crippen molar-refractivity contribution in [2.45, 2.75) is 13.3 Å². The van der Waals surface area contributed by atoms with E-state index in [1.54, 1.807) is 6.07 Å². The molecule has 0 aromatic carbocycles. The van der Waals surface area contributed by atoms with Crippen LogP contribution < -0.4 is 0 Å². The van der Waals surface area contributed by atoms with E-state index in [2.05, 4.69) is 15.9 Å². The minimum Gasteiger partial charge on any atom is -0.470 e. The molecule has 0 spiro atoms. The van der Waals surface area contributed by atoms with Gasteiger partial charge < -0.3 is 4.52 Å². The van der Waals surface area contributed by atoms with Crippen molar-refractivity contribution in [3.8, 4) is 0 Å². The van der Waals surface area contributed by atoms with E-state index in [0.717, 1.165) is 12.2 Å². The van der Waals surface area contributed by atoms with E-state index in [1.807, 2.05) is 6.92 Å². The van der Waals surface area contributed by atoms with Crippen molar-refractivity contribution in [2.24, 2.45) is 0 Å². The fourth-order valence-electron chi connectivity index (χ4n) is 0.376. The Bertz CT molecular complexity index is 127. The quantitative estimate of drug-likeness (QED) is 0.682. The van der Waals surface area contributed by atoms with Crippen molar-refractivity contribution in [1.29, 1.82) is 0 Å². The fourth-order valence-corrected chi connectivity index (χ4v) is 0.376. The molecule has 0 bridgehead atoms. The van der Waals surface area contributed by atoms with Crippen molar-refractivity contribution in [3.63, 3.8) is 0 Å². The molecular formula is C5H6NOPr-. The number of aryl methyl sites for hydroxylation is 1. The van der Waals surface area contributed by atoms with Gasteiger partial charge in [-0.05, 0) is 5.76 Å². The van der Waals surface area contributed by atoms with Gasteiger partial charge in [-0.2, -0.15) is 6.07 Å². The standard InChI is InChI=1S/C5H6NO.Pr/c1-2-5-3-4-6-7-5;/h3H,2H2,1H3;/q-1;. The Kier molecular flexibility index (Phi) is 4.77. The van der Waals surface area contributed by atoms with Crippen LogP contribution in [-0.4, -0.2) is 5.16 Å². The zero-order valence-corrected chi connectivity index (χ0v) is 8.42. The third kappa shape index (κ3) is 2.23. The molecule has 0 unspecified atom stereocenters. The molecule has 0 fully saturated rings. The van der Waals surface area contributed by atoms with Crippen molar-refractivity contribution in [2.75, 3.05) is 0 Å². The number of rotatable bonds is 1. The Hall–Kier alpha value is 0.574. The van der Waals surface area contributed by atoms with E-state index in [1.165, 1.54) is 0 Å². The first-order chi connectivity index (χ1) is 3.43. The Labute approximate surface area is 81.6 Å². The second-order valence-corrected chi connectivity index (χ2v) is 1.28. The molecule has 1 aromatic rings. The van der Waals surface area contributed by atoms with Crippen molar-refractivity contribution in [3.05, 3.63) is 18.0 Å². The maximum atomic E-state index is 4.68. The van der Waals surface area contributed by atoms with Gasteiger partial charge in [0, 0.05) is 41.3 Å². The number of aromatic nitrogens is 1. The fraction of sp³-hybridized carbons (Fsp3) is 0.400. The largest absolute Gasteiger partial charge is 0.470 e. The monoisotopic (exact) mass is 237 g/mol. The van der Waals surface area contributed by atoms with Gasteiger partial charge in [0.05, 0.1) is 0 Å². The first-order valence-corrected chi connectivity index (χ1v) is 2.25. The van der Waals surface area contributed by atoms with E-state index in [0.29, 0.717) is 0 Å². The summed E-state index contributed by atoms with van der Waals surface area (Å²) in [6.45, 7) is 2.01. The molecule has 1 aromatic heterocycles. The number of hydrogen-bond donors (Lipinski definition) is 0. The predicted octanol–water partition coefficient (Wildman–Crippen LogP) is 1.04. The summed E-state index contributed by atoms with van der Waals surface area (Å²) in [4.78, 5) is 0. The second kappa shape index (κ2) is 4.45. The van der Waals surface area contributed by atoms with Gasteiger partial charge in [0.15, 0.2) is 0 Å². The van der Waals surface area contributed by atoms with Crippen LogP contribution in [0, 0.1) is 47.5 Å². The molecule has 0 amide bonds. The summed E-state index contributed by atoms with van der Waals surface area (Å²) in [5, 5.41) is 3.39. The molecule has 2 nitrogen and oxygen atoms in total. The maximum absolute atomic E-state index is 4.68. The van der Waals surface area contributed by atoms with E-state index in [9.17, 15) is 0 Å². The smallest absolute Gasteiger partial charge is 0 e. The molecule has 3 heteroatoms. The molecule has 1 heterocycles. The molecule has 0 saturated carbocycles. The van der Waals surface area contributed by atoms with Gasteiger partial charge in [-0.1, -0.05) is 13.3 Å². The third-order valence-corrected chi connectivity index (χ3v) is 0.790. The molecule has 0 saturated heterocycles. The van der Waals surface area contributed by atoms with Crippen LogP contribution in [0.25, 0.3) is 0 Å².